The van der Waals surface area contributed by atoms with Crippen LogP contribution in [-0.4, -0.2) is 31.8 Å². The standard InChI is InChI=1S/C23H24N6OS.ClH/c30-23(29-21-20-8-11-31-22(20)27-15-26-21)9-7-18(12-23)25-13-16-3-5-17(6-4-16)28-19-2-1-10-24-14-19;/h1-6,8,10-11,14-15,18,25,28,30H,7,9,12-13H2,(H,26,27,29);1H. The molecular formula is C23H25ClN6OS. The summed E-state index contributed by atoms with van der Waals surface area (Å²) >= 11 is 1.57. The average molecular weight is 469 g/mol. The number of pyridine rings is 1. The van der Waals surface area contributed by atoms with Gasteiger partial charge in [0.15, 0.2) is 0 Å². The maximum absolute atomic E-state index is 11.1. The van der Waals surface area contributed by atoms with Crippen LogP contribution in [0.1, 0.15) is 24.8 Å². The highest BCUT2D eigenvalue weighted by molar-refractivity contribution is 7.16. The van der Waals surface area contributed by atoms with Crippen molar-refractivity contribution in [1.29, 1.82) is 0 Å². The van der Waals surface area contributed by atoms with Gasteiger partial charge in [0.1, 0.15) is 22.7 Å². The third kappa shape index (κ3) is 5.16. The van der Waals surface area contributed by atoms with Crippen LogP contribution in [0.2, 0.25) is 0 Å². The molecule has 3 aromatic heterocycles. The summed E-state index contributed by atoms with van der Waals surface area (Å²) in [4.78, 5) is 13.7. The molecule has 0 amide bonds. The summed E-state index contributed by atoms with van der Waals surface area (Å²) in [6.07, 6.45) is 7.31. The number of thiophene rings is 1. The van der Waals surface area contributed by atoms with Crippen LogP contribution in [0.5, 0.6) is 0 Å². The molecule has 3 heterocycles. The van der Waals surface area contributed by atoms with Crippen molar-refractivity contribution >= 4 is 51.2 Å². The van der Waals surface area contributed by atoms with E-state index in [1.54, 1.807) is 30.1 Å². The molecule has 4 N–H and O–H groups in total. The van der Waals surface area contributed by atoms with Crippen molar-refractivity contribution < 1.29 is 5.11 Å². The normalized spacial score (nSPS) is 20.1. The van der Waals surface area contributed by atoms with E-state index in [9.17, 15) is 5.11 Å². The Kier molecular flexibility index (Phi) is 6.86. The minimum Gasteiger partial charge on any atom is -0.371 e. The van der Waals surface area contributed by atoms with Crippen LogP contribution in [-0.2, 0) is 6.54 Å². The number of fused-ring (bicyclic) bond motifs is 1. The molecule has 5 rings (SSSR count). The Morgan fingerprint density at radius 3 is 2.78 bits per heavy atom. The van der Waals surface area contributed by atoms with Crippen LogP contribution in [0.15, 0.2) is 66.6 Å². The molecule has 1 aliphatic carbocycles. The maximum Gasteiger partial charge on any atom is 0.140 e. The van der Waals surface area contributed by atoms with Crippen LogP contribution in [0, 0.1) is 0 Å². The number of nitrogens with zero attached hydrogens (tertiary/aromatic N) is 3. The lowest BCUT2D eigenvalue weighted by atomic mass is 10.1. The van der Waals surface area contributed by atoms with Crippen LogP contribution >= 0.6 is 23.7 Å². The van der Waals surface area contributed by atoms with Crippen molar-refractivity contribution in [2.75, 3.05) is 10.6 Å². The number of hydrogen-bond acceptors (Lipinski definition) is 8. The van der Waals surface area contributed by atoms with E-state index in [1.807, 2.05) is 23.6 Å². The van der Waals surface area contributed by atoms with Crippen LogP contribution in [0.4, 0.5) is 17.2 Å². The van der Waals surface area contributed by atoms with Crippen LogP contribution in [0.3, 0.4) is 0 Å². The Bertz CT molecular complexity index is 1160. The molecule has 4 aromatic rings. The zero-order chi connectivity index (χ0) is 21.1. The summed E-state index contributed by atoms with van der Waals surface area (Å²) in [6.45, 7) is 0.760. The van der Waals surface area contributed by atoms with Crippen molar-refractivity contribution in [3.05, 3.63) is 72.1 Å². The Balaban J connectivity index is 0.00000245. The van der Waals surface area contributed by atoms with Gasteiger partial charge >= 0.3 is 0 Å². The molecule has 0 spiro atoms. The highest BCUT2D eigenvalue weighted by atomic mass is 35.5. The molecule has 32 heavy (non-hydrogen) atoms. The lowest BCUT2D eigenvalue weighted by molar-refractivity contribution is 0.0748. The fraction of sp³-hybridized carbons (Fsp3) is 0.261. The zero-order valence-corrected chi connectivity index (χ0v) is 19.0. The Morgan fingerprint density at radius 2 is 1.97 bits per heavy atom. The highest BCUT2D eigenvalue weighted by Crippen LogP contribution is 2.33. The summed E-state index contributed by atoms with van der Waals surface area (Å²) < 4.78 is 0. The predicted octanol–water partition coefficient (Wildman–Crippen LogP) is 4.69. The van der Waals surface area contributed by atoms with Gasteiger partial charge in [0.25, 0.3) is 0 Å². The molecule has 0 saturated heterocycles. The van der Waals surface area contributed by atoms with Gasteiger partial charge in [-0.3, -0.25) is 4.98 Å². The quantitative estimate of drug-likeness (QED) is 0.292. The first-order valence-electron chi connectivity index (χ1n) is 10.4. The van der Waals surface area contributed by atoms with Gasteiger partial charge in [-0.05, 0) is 54.1 Å². The fourth-order valence-electron chi connectivity index (χ4n) is 3.99. The zero-order valence-electron chi connectivity index (χ0n) is 17.4. The van der Waals surface area contributed by atoms with Gasteiger partial charge in [0, 0.05) is 30.9 Å². The number of nitrogens with one attached hydrogen (secondary N) is 3. The number of aliphatic hydroxyl groups is 1. The monoisotopic (exact) mass is 468 g/mol. The Labute approximate surface area is 196 Å². The van der Waals surface area contributed by atoms with Gasteiger partial charge in [-0.25, -0.2) is 9.97 Å². The summed E-state index contributed by atoms with van der Waals surface area (Å²) in [7, 11) is 0. The number of aromatic nitrogens is 3. The van der Waals surface area contributed by atoms with Gasteiger partial charge in [-0.15, -0.1) is 23.7 Å². The summed E-state index contributed by atoms with van der Waals surface area (Å²) in [5.41, 5.74) is 2.24. The summed E-state index contributed by atoms with van der Waals surface area (Å²) in [6, 6.07) is 14.5. The molecule has 0 aliphatic heterocycles. The summed E-state index contributed by atoms with van der Waals surface area (Å²) in [5, 5.41) is 24.2. The van der Waals surface area contributed by atoms with Crippen LogP contribution < -0.4 is 16.0 Å². The van der Waals surface area contributed by atoms with E-state index in [2.05, 4.69) is 55.2 Å². The van der Waals surface area contributed by atoms with Gasteiger partial charge < -0.3 is 21.1 Å². The van der Waals surface area contributed by atoms with Crippen molar-refractivity contribution in [3.8, 4) is 0 Å². The molecule has 1 aromatic carbocycles. The van der Waals surface area contributed by atoms with Gasteiger partial charge in [-0.1, -0.05) is 12.1 Å². The average Bonchev–Trinajstić information content (AvgIpc) is 3.41. The third-order valence-electron chi connectivity index (χ3n) is 5.60. The van der Waals surface area contributed by atoms with Crippen LogP contribution in [0.25, 0.3) is 10.2 Å². The topological polar surface area (TPSA) is 95.0 Å². The van der Waals surface area contributed by atoms with E-state index in [0.29, 0.717) is 18.7 Å². The van der Waals surface area contributed by atoms with E-state index in [4.69, 9.17) is 0 Å². The Hall–Kier alpha value is -2.78. The molecule has 7 nitrogen and oxygen atoms in total. The number of benzene rings is 1. The molecule has 1 aliphatic rings. The first-order chi connectivity index (χ1) is 15.2. The predicted molar refractivity (Wildman–Crippen MR) is 132 cm³/mol. The third-order valence-corrected chi connectivity index (χ3v) is 6.42. The number of anilines is 3. The molecule has 1 saturated carbocycles. The first kappa shape index (κ1) is 22.4. The van der Waals surface area contributed by atoms with E-state index >= 15 is 0 Å². The first-order valence-corrected chi connectivity index (χ1v) is 11.2. The second-order valence-corrected chi connectivity index (χ2v) is 8.80. The second kappa shape index (κ2) is 9.79. The highest BCUT2D eigenvalue weighted by Gasteiger charge is 2.37. The van der Waals surface area contributed by atoms with Crippen molar-refractivity contribution in [1.82, 2.24) is 20.3 Å². The van der Waals surface area contributed by atoms with Gasteiger partial charge in [-0.2, -0.15) is 0 Å². The molecule has 166 valence electrons. The summed E-state index contributed by atoms with van der Waals surface area (Å²) in [5.74, 6) is 0.700. The van der Waals surface area contributed by atoms with Gasteiger partial charge in [0.2, 0.25) is 0 Å². The molecule has 2 unspecified atom stereocenters. The number of halogens is 1. The largest absolute Gasteiger partial charge is 0.371 e. The lowest BCUT2D eigenvalue weighted by Gasteiger charge is -2.25. The van der Waals surface area contributed by atoms with E-state index in [-0.39, 0.29) is 18.4 Å². The lowest BCUT2D eigenvalue weighted by Crippen LogP contribution is -2.38. The minimum absolute atomic E-state index is 0. The molecule has 1 fully saturated rings. The second-order valence-electron chi connectivity index (χ2n) is 7.90. The molecule has 2 atom stereocenters. The minimum atomic E-state index is -0.960. The Morgan fingerprint density at radius 1 is 1.09 bits per heavy atom. The SMILES string of the molecule is Cl.OC1(Nc2ncnc3sccc23)CCC(NCc2ccc(Nc3cccnc3)cc2)C1. The molecule has 0 bridgehead atoms. The smallest absolute Gasteiger partial charge is 0.140 e. The van der Waals surface area contributed by atoms with E-state index in [1.165, 1.54) is 5.56 Å². The number of hydrogen-bond donors (Lipinski definition) is 4. The molecule has 9 heteroatoms. The fourth-order valence-corrected chi connectivity index (χ4v) is 4.73. The van der Waals surface area contributed by atoms with E-state index in [0.717, 1.165) is 34.6 Å². The van der Waals surface area contributed by atoms with Crippen molar-refractivity contribution in [3.63, 3.8) is 0 Å². The van der Waals surface area contributed by atoms with Gasteiger partial charge in [0.05, 0.1) is 17.3 Å². The van der Waals surface area contributed by atoms with Crippen molar-refractivity contribution in [2.24, 2.45) is 0 Å². The van der Waals surface area contributed by atoms with Crippen molar-refractivity contribution in [2.45, 2.75) is 37.6 Å². The van der Waals surface area contributed by atoms with E-state index < -0.39 is 5.72 Å². The number of rotatable bonds is 7. The molecular weight excluding hydrogens is 444 g/mol. The molecule has 0 radical (unpaired) electrons. The maximum atomic E-state index is 11.1.